The summed E-state index contributed by atoms with van der Waals surface area (Å²) in [5, 5.41) is 3.90. The van der Waals surface area contributed by atoms with E-state index in [4.69, 9.17) is 4.42 Å². The first-order valence-corrected chi connectivity index (χ1v) is 6.29. The van der Waals surface area contributed by atoms with Crippen LogP contribution in [-0.2, 0) is 0 Å². The van der Waals surface area contributed by atoms with E-state index >= 15 is 0 Å². The van der Waals surface area contributed by atoms with E-state index in [0.29, 0.717) is 0 Å². The lowest BCUT2D eigenvalue weighted by molar-refractivity contribution is 0.486. The van der Waals surface area contributed by atoms with Crippen molar-refractivity contribution in [3.8, 4) is 0 Å². The number of benzene rings is 2. The first-order valence-electron chi connectivity index (χ1n) is 6.29. The molecule has 1 aromatic heterocycles. The van der Waals surface area contributed by atoms with Gasteiger partial charge in [-0.2, -0.15) is 0 Å². The van der Waals surface area contributed by atoms with Gasteiger partial charge in [0.05, 0.1) is 12.3 Å². The quantitative estimate of drug-likeness (QED) is 0.779. The maximum Gasteiger partial charge on any atom is 0.163 e. The average Bonchev–Trinajstić information content (AvgIpc) is 2.88. The molecule has 0 aliphatic carbocycles. The first-order chi connectivity index (χ1) is 9.72. The second-order valence-electron chi connectivity index (χ2n) is 4.55. The molecule has 0 spiro atoms. The number of hydrogen-bond donors (Lipinski definition) is 1. The summed E-state index contributed by atoms with van der Waals surface area (Å²) in [6.45, 7) is 0. The zero-order valence-electron chi connectivity index (χ0n) is 10.9. The number of nitrogens with one attached hydrogen (secondary N) is 1. The molecule has 0 saturated carbocycles. The summed E-state index contributed by atoms with van der Waals surface area (Å²) in [7, 11) is 1.71. The monoisotopic (exact) mass is 273 g/mol. The highest BCUT2D eigenvalue weighted by molar-refractivity contribution is 5.81. The second kappa shape index (κ2) is 5.06. The summed E-state index contributed by atoms with van der Waals surface area (Å²) in [5.74, 6) is -1.69. The van der Waals surface area contributed by atoms with Crippen LogP contribution in [0.15, 0.2) is 53.1 Å². The molecule has 102 valence electrons. The summed E-state index contributed by atoms with van der Waals surface area (Å²) in [6, 6.07) is 11.2. The molecule has 0 bridgehead atoms. The van der Waals surface area contributed by atoms with Crippen LogP contribution in [0.25, 0.3) is 11.0 Å². The van der Waals surface area contributed by atoms with Gasteiger partial charge in [-0.3, -0.25) is 0 Å². The van der Waals surface area contributed by atoms with Crippen molar-refractivity contribution in [3.63, 3.8) is 0 Å². The molecule has 2 aromatic carbocycles. The average molecular weight is 273 g/mol. The Morgan fingerprint density at radius 3 is 2.60 bits per heavy atom. The predicted octanol–water partition coefficient (Wildman–Crippen LogP) is 4.02. The lowest BCUT2D eigenvalue weighted by Gasteiger charge is -2.16. The molecule has 20 heavy (non-hydrogen) atoms. The number of hydrogen-bond acceptors (Lipinski definition) is 2. The molecule has 4 heteroatoms. The highest BCUT2D eigenvalue weighted by Gasteiger charge is 2.21. The molecule has 0 radical (unpaired) electrons. The van der Waals surface area contributed by atoms with Gasteiger partial charge in [0.2, 0.25) is 0 Å². The molecule has 1 unspecified atom stereocenters. The van der Waals surface area contributed by atoms with Crippen LogP contribution < -0.4 is 5.32 Å². The first kappa shape index (κ1) is 12.8. The van der Waals surface area contributed by atoms with Crippen molar-refractivity contribution >= 4 is 11.0 Å². The second-order valence-corrected chi connectivity index (χ2v) is 4.55. The van der Waals surface area contributed by atoms with Crippen LogP contribution >= 0.6 is 0 Å². The van der Waals surface area contributed by atoms with E-state index in [9.17, 15) is 8.78 Å². The van der Waals surface area contributed by atoms with E-state index in [2.05, 4.69) is 5.32 Å². The summed E-state index contributed by atoms with van der Waals surface area (Å²) >= 11 is 0. The third kappa shape index (κ3) is 1.98. The van der Waals surface area contributed by atoms with Gasteiger partial charge >= 0.3 is 0 Å². The molecule has 3 aromatic rings. The van der Waals surface area contributed by atoms with Gasteiger partial charge in [-0.25, -0.2) is 8.78 Å². The number of para-hydroxylation sites is 1. The summed E-state index contributed by atoms with van der Waals surface area (Å²) in [5.41, 5.74) is 1.77. The van der Waals surface area contributed by atoms with E-state index in [0.717, 1.165) is 22.6 Å². The Hall–Kier alpha value is -2.20. The zero-order valence-corrected chi connectivity index (χ0v) is 10.9. The fourth-order valence-corrected chi connectivity index (χ4v) is 2.44. The van der Waals surface area contributed by atoms with Crippen molar-refractivity contribution < 1.29 is 13.2 Å². The van der Waals surface area contributed by atoms with Gasteiger partial charge in [-0.05, 0) is 19.2 Å². The fourth-order valence-electron chi connectivity index (χ4n) is 2.44. The molecular weight excluding hydrogens is 260 g/mol. The van der Waals surface area contributed by atoms with Crippen molar-refractivity contribution in [1.29, 1.82) is 0 Å². The van der Waals surface area contributed by atoms with Crippen LogP contribution in [0.4, 0.5) is 8.78 Å². The Balaban J connectivity index is 2.17. The minimum absolute atomic E-state index is 0.263. The molecule has 1 atom stereocenters. The Morgan fingerprint density at radius 2 is 1.80 bits per heavy atom. The third-order valence-corrected chi connectivity index (χ3v) is 3.40. The highest BCUT2D eigenvalue weighted by Crippen LogP contribution is 2.31. The number of rotatable bonds is 3. The molecule has 0 aliphatic rings. The van der Waals surface area contributed by atoms with Gasteiger partial charge in [0.1, 0.15) is 5.58 Å². The minimum Gasteiger partial charge on any atom is -0.464 e. The van der Waals surface area contributed by atoms with E-state index in [1.54, 1.807) is 19.4 Å². The van der Waals surface area contributed by atoms with Gasteiger partial charge in [-0.15, -0.1) is 0 Å². The number of furan rings is 1. The minimum atomic E-state index is -0.851. The molecule has 0 amide bonds. The van der Waals surface area contributed by atoms with Gasteiger partial charge in [-0.1, -0.05) is 30.3 Å². The van der Waals surface area contributed by atoms with Crippen molar-refractivity contribution in [2.24, 2.45) is 0 Å². The molecule has 1 heterocycles. The normalized spacial score (nSPS) is 12.8. The Bertz CT molecular complexity index is 751. The maximum atomic E-state index is 14.0. The Kier molecular flexibility index (Phi) is 3.24. The Labute approximate surface area is 115 Å². The van der Waals surface area contributed by atoms with E-state index < -0.39 is 17.7 Å². The van der Waals surface area contributed by atoms with Crippen molar-refractivity contribution in [2.45, 2.75) is 6.04 Å². The van der Waals surface area contributed by atoms with Gasteiger partial charge < -0.3 is 9.73 Å². The summed E-state index contributed by atoms with van der Waals surface area (Å²) < 4.78 is 32.9. The van der Waals surface area contributed by atoms with Crippen LogP contribution in [0.1, 0.15) is 17.2 Å². The summed E-state index contributed by atoms with van der Waals surface area (Å²) in [4.78, 5) is 0. The van der Waals surface area contributed by atoms with Crippen LogP contribution in [-0.4, -0.2) is 7.05 Å². The largest absolute Gasteiger partial charge is 0.464 e. The third-order valence-electron chi connectivity index (χ3n) is 3.40. The summed E-state index contributed by atoms with van der Waals surface area (Å²) in [6.07, 6.45) is 1.58. The van der Waals surface area contributed by atoms with E-state index in [-0.39, 0.29) is 5.56 Å². The van der Waals surface area contributed by atoms with E-state index in [1.807, 2.05) is 24.3 Å². The molecule has 0 saturated heterocycles. The number of halogens is 2. The molecular formula is C16H13F2NO. The van der Waals surface area contributed by atoms with E-state index in [1.165, 1.54) is 6.07 Å². The van der Waals surface area contributed by atoms with Crippen molar-refractivity contribution in [2.75, 3.05) is 7.05 Å². The maximum absolute atomic E-state index is 14.0. The lowest BCUT2D eigenvalue weighted by atomic mass is 9.97. The van der Waals surface area contributed by atoms with Gasteiger partial charge in [0, 0.05) is 16.5 Å². The van der Waals surface area contributed by atoms with Crippen LogP contribution in [0.2, 0.25) is 0 Å². The molecule has 3 rings (SSSR count). The van der Waals surface area contributed by atoms with Crippen LogP contribution in [0.3, 0.4) is 0 Å². The zero-order chi connectivity index (χ0) is 14.1. The smallest absolute Gasteiger partial charge is 0.163 e. The number of fused-ring (bicyclic) bond motifs is 1. The Morgan fingerprint density at radius 1 is 1.00 bits per heavy atom. The van der Waals surface area contributed by atoms with Crippen molar-refractivity contribution in [3.05, 3.63) is 71.5 Å². The van der Waals surface area contributed by atoms with Gasteiger partial charge in [0.15, 0.2) is 11.6 Å². The SMILES string of the molecule is CNC(c1cccc(F)c1F)c1coc2ccccc12. The fraction of sp³-hybridized carbons (Fsp3) is 0.125. The topological polar surface area (TPSA) is 25.2 Å². The molecule has 0 aliphatic heterocycles. The molecule has 1 N–H and O–H groups in total. The molecule has 0 fully saturated rings. The molecule has 2 nitrogen and oxygen atoms in total. The van der Waals surface area contributed by atoms with Gasteiger partial charge in [0.25, 0.3) is 0 Å². The lowest BCUT2D eigenvalue weighted by Crippen LogP contribution is -2.19. The van der Waals surface area contributed by atoms with Crippen molar-refractivity contribution in [1.82, 2.24) is 5.32 Å². The van der Waals surface area contributed by atoms with Crippen LogP contribution in [0.5, 0.6) is 0 Å². The highest BCUT2D eigenvalue weighted by atomic mass is 19.2. The standard InChI is InChI=1S/C16H13F2NO/c1-19-16(11-6-4-7-13(17)15(11)18)12-9-20-14-8-3-2-5-10(12)14/h2-9,16,19H,1H3. The predicted molar refractivity (Wildman–Crippen MR) is 73.5 cm³/mol. The van der Waals surface area contributed by atoms with Crippen LogP contribution in [0, 0.1) is 11.6 Å².